The standard InChI is InChI=1S/C30H40N4O3/c1-7-37-28(35)15-10-23-8-12-25(13-9-23)31-30-32-26-14-11-24(20-27(26)33(30)6)29(36)34(18-16-21(2)3)19-17-22(4)5/h8-15,20-22H,7,16-19H2,1-6H3,(H,31,32)/b15-10+. The van der Waals surface area contributed by atoms with E-state index in [-0.39, 0.29) is 11.9 Å². The minimum Gasteiger partial charge on any atom is -0.463 e. The molecule has 1 aromatic heterocycles. The van der Waals surface area contributed by atoms with E-state index in [0.717, 1.165) is 48.2 Å². The average molecular weight is 505 g/mol. The van der Waals surface area contributed by atoms with Gasteiger partial charge in [0, 0.05) is 37.5 Å². The number of aromatic nitrogens is 2. The monoisotopic (exact) mass is 504 g/mol. The molecule has 0 aliphatic heterocycles. The first-order valence-corrected chi connectivity index (χ1v) is 13.2. The normalized spacial score (nSPS) is 11.6. The molecular weight excluding hydrogens is 464 g/mol. The minimum atomic E-state index is -0.356. The molecule has 3 aromatic rings. The number of ether oxygens (including phenoxy) is 1. The number of imidazole rings is 1. The van der Waals surface area contributed by atoms with E-state index in [4.69, 9.17) is 9.72 Å². The quantitative estimate of drug-likeness (QED) is 0.227. The Morgan fingerprint density at radius 1 is 1.03 bits per heavy atom. The van der Waals surface area contributed by atoms with Crippen LogP contribution in [0.2, 0.25) is 0 Å². The van der Waals surface area contributed by atoms with Crippen LogP contribution in [0.5, 0.6) is 0 Å². The van der Waals surface area contributed by atoms with Crippen LogP contribution in [0.1, 0.15) is 63.4 Å². The summed E-state index contributed by atoms with van der Waals surface area (Å²) in [6.07, 6.45) is 5.12. The molecule has 0 atom stereocenters. The lowest BCUT2D eigenvalue weighted by Gasteiger charge is -2.24. The predicted molar refractivity (Wildman–Crippen MR) is 151 cm³/mol. The molecular formula is C30H40N4O3. The van der Waals surface area contributed by atoms with Crippen molar-refractivity contribution in [1.29, 1.82) is 0 Å². The smallest absolute Gasteiger partial charge is 0.330 e. The Balaban J connectivity index is 1.76. The van der Waals surface area contributed by atoms with Crippen LogP contribution in [0.3, 0.4) is 0 Å². The molecule has 2 aromatic carbocycles. The summed E-state index contributed by atoms with van der Waals surface area (Å²) in [6, 6.07) is 13.4. The Morgan fingerprint density at radius 3 is 2.27 bits per heavy atom. The van der Waals surface area contributed by atoms with Gasteiger partial charge < -0.3 is 19.5 Å². The molecule has 0 aliphatic rings. The molecule has 198 valence electrons. The number of nitrogens with zero attached hydrogens (tertiary/aromatic N) is 3. The molecule has 0 saturated carbocycles. The van der Waals surface area contributed by atoms with Crippen molar-refractivity contribution in [3.63, 3.8) is 0 Å². The van der Waals surface area contributed by atoms with E-state index in [9.17, 15) is 9.59 Å². The topological polar surface area (TPSA) is 76.5 Å². The van der Waals surface area contributed by atoms with Crippen LogP contribution in [-0.2, 0) is 16.6 Å². The molecule has 0 radical (unpaired) electrons. The highest BCUT2D eigenvalue weighted by Gasteiger charge is 2.18. The van der Waals surface area contributed by atoms with Gasteiger partial charge in [-0.3, -0.25) is 4.79 Å². The molecule has 3 rings (SSSR count). The first kappa shape index (κ1) is 28.0. The number of fused-ring (bicyclic) bond motifs is 1. The van der Waals surface area contributed by atoms with E-state index in [1.165, 1.54) is 6.08 Å². The fourth-order valence-electron chi connectivity index (χ4n) is 3.92. The lowest BCUT2D eigenvalue weighted by Crippen LogP contribution is -2.34. The van der Waals surface area contributed by atoms with Gasteiger partial charge in [-0.1, -0.05) is 39.8 Å². The third kappa shape index (κ3) is 7.94. The highest BCUT2D eigenvalue weighted by atomic mass is 16.5. The van der Waals surface area contributed by atoms with Gasteiger partial charge in [-0.2, -0.15) is 0 Å². The molecule has 1 amide bonds. The van der Waals surface area contributed by atoms with E-state index < -0.39 is 0 Å². The van der Waals surface area contributed by atoms with Crippen LogP contribution in [0.4, 0.5) is 11.6 Å². The minimum absolute atomic E-state index is 0.0744. The molecule has 0 spiro atoms. The Hall–Kier alpha value is -3.61. The maximum atomic E-state index is 13.4. The molecule has 1 N–H and O–H groups in total. The number of esters is 1. The average Bonchev–Trinajstić information content (AvgIpc) is 3.17. The highest BCUT2D eigenvalue weighted by Crippen LogP contribution is 2.24. The van der Waals surface area contributed by atoms with Crippen molar-refractivity contribution >= 4 is 40.6 Å². The number of amides is 1. The molecule has 7 heteroatoms. The lowest BCUT2D eigenvalue weighted by molar-refractivity contribution is -0.137. The summed E-state index contributed by atoms with van der Waals surface area (Å²) in [7, 11) is 1.94. The number of carbonyl (C=O) groups is 2. The number of anilines is 2. The summed E-state index contributed by atoms with van der Waals surface area (Å²) >= 11 is 0. The van der Waals surface area contributed by atoms with Crippen LogP contribution >= 0.6 is 0 Å². The third-order valence-corrected chi connectivity index (χ3v) is 6.23. The van der Waals surface area contributed by atoms with Crippen molar-refractivity contribution in [2.24, 2.45) is 18.9 Å². The van der Waals surface area contributed by atoms with Crippen LogP contribution in [0.15, 0.2) is 48.5 Å². The summed E-state index contributed by atoms with van der Waals surface area (Å²) in [6.45, 7) is 12.4. The molecule has 0 saturated heterocycles. The molecule has 37 heavy (non-hydrogen) atoms. The molecule has 7 nitrogen and oxygen atoms in total. The summed E-state index contributed by atoms with van der Waals surface area (Å²) < 4.78 is 6.88. The second kappa shape index (κ2) is 13.1. The summed E-state index contributed by atoms with van der Waals surface area (Å²) in [5.74, 6) is 1.50. The molecule has 0 unspecified atom stereocenters. The van der Waals surface area contributed by atoms with Crippen molar-refractivity contribution in [3.8, 4) is 0 Å². The zero-order valence-corrected chi connectivity index (χ0v) is 23.0. The van der Waals surface area contributed by atoms with Crippen molar-refractivity contribution in [2.45, 2.75) is 47.5 Å². The number of hydrogen-bond donors (Lipinski definition) is 1. The largest absolute Gasteiger partial charge is 0.463 e. The van der Waals surface area contributed by atoms with Crippen LogP contribution in [-0.4, -0.2) is 46.0 Å². The van der Waals surface area contributed by atoms with Crippen LogP contribution in [0.25, 0.3) is 17.1 Å². The first-order valence-electron chi connectivity index (χ1n) is 13.2. The van der Waals surface area contributed by atoms with Crippen molar-refractivity contribution in [1.82, 2.24) is 14.5 Å². The highest BCUT2D eigenvalue weighted by molar-refractivity contribution is 5.98. The summed E-state index contributed by atoms with van der Waals surface area (Å²) in [5.41, 5.74) is 4.18. The van der Waals surface area contributed by atoms with Gasteiger partial charge in [-0.25, -0.2) is 9.78 Å². The van der Waals surface area contributed by atoms with Gasteiger partial charge in [0.05, 0.1) is 17.6 Å². The maximum Gasteiger partial charge on any atom is 0.330 e. The van der Waals surface area contributed by atoms with Gasteiger partial charge in [-0.15, -0.1) is 0 Å². The Morgan fingerprint density at radius 2 is 1.68 bits per heavy atom. The Labute approximate surface area is 220 Å². The zero-order valence-electron chi connectivity index (χ0n) is 23.0. The third-order valence-electron chi connectivity index (χ3n) is 6.23. The zero-order chi connectivity index (χ0) is 26.9. The lowest BCUT2D eigenvalue weighted by atomic mass is 10.1. The van der Waals surface area contributed by atoms with Gasteiger partial charge in [0.1, 0.15) is 0 Å². The van der Waals surface area contributed by atoms with E-state index in [0.29, 0.717) is 30.0 Å². The Bertz CT molecular complexity index is 1210. The van der Waals surface area contributed by atoms with Gasteiger partial charge >= 0.3 is 5.97 Å². The number of rotatable bonds is 12. The van der Waals surface area contributed by atoms with E-state index in [2.05, 4.69) is 33.0 Å². The first-order chi connectivity index (χ1) is 17.7. The number of nitrogens with one attached hydrogen (secondary N) is 1. The van der Waals surface area contributed by atoms with E-state index in [1.54, 1.807) is 13.0 Å². The number of aryl methyl sites for hydroxylation is 1. The van der Waals surface area contributed by atoms with Crippen LogP contribution < -0.4 is 5.32 Å². The molecule has 1 heterocycles. The number of carbonyl (C=O) groups excluding carboxylic acids is 2. The Kier molecular flexibility index (Phi) is 9.89. The fraction of sp³-hybridized carbons (Fsp3) is 0.433. The maximum absolute atomic E-state index is 13.4. The second-order valence-corrected chi connectivity index (χ2v) is 10.2. The number of hydrogen-bond acceptors (Lipinski definition) is 5. The molecule has 0 aliphatic carbocycles. The van der Waals surface area contributed by atoms with Gasteiger partial charge in [0.15, 0.2) is 0 Å². The van der Waals surface area contributed by atoms with E-state index >= 15 is 0 Å². The van der Waals surface area contributed by atoms with E-state index in [1.807, 2.05) is 59.0 Å². The summed E-state index contributed by atoms with van der Waals surface area (Å²) in [5, 5.41) is 3.35. The van der Waals surface area contributed by atoms with Crippen molar-refractivity contribution < 1.29 is 14.3 Å². The summed E-state index contributed by atoms with van der Waals surface area (Å²) in [4.78, 5) is 31.7. The molecule has 0 fully saturated rings. The predicted octanol–water partition coefficient (Wildman–Crippen LogP) is 6.43. The van der Waals surface area contributed by atoms with Crippen molar-refractivity contribution in [3.05, 3.63) is 59.7 Å². The molecule has 0 bridgehead atoms. The van der Waals surface area contributed by atoms with Gasteiger partial charge in [-0.05, 0) is 73.6 Å². The van der Waals surface area contributed by atoms with Crippen molar-refractivity contribution in [2.75, 3.05) is 25.0 Å². The van der Waals surface area contributed by atoms with Gasteiger partial charge in [0.2, 0.25) is 5.95 Å². The van der Waals surface area contributed by atoms with Crippen LogP contribution in [0, 0.1) is 11.8 Å². The second-order valence-electron chi connectivity index (χ2n) is 10.2. The number of benzene rings is 2. The fourth-order valence-corrected chi connectivity index (χ4v) is 3.92. The SMILES string of the molecule is CCOC(=O)/C=C/c1ccc(Nc2nc3ccc(C(=O)N(CCC(C)C)CCC(C)C)cc3n2C)cc1. The van der Waals surface area contributed by atoms with Gasteiger partial charge in [0.25, 0.3) is 5.91 Å².